The van der Waals surface area contributed by atoms with Crippen LogP contribution in [0.2, 0.25) is 0 Å². The molecule has 0 aromatic heterocycles. The minimum atomic E-state index is 0.500. The van der Waals surface area contributed by atoms with Crippen LogP contribution >= 0.6 is 0 Å². The van der Waals surface area contributed by atoms with Gasteiger partial charge in [0.05, 0.1) is 0 Å². The van der Waals surface area contributed by atoms with Crippen molar-refractivity contribution in [2.75, 3.05) is 21.1 Å². The number of halogens is 1. The lowest BCUT2D eigenvalue weighted by Gasteiger charge is -1.90. The van der Waals surface area contributed by atoms with Crippen LogP contribution in [0, 0.1) is 0 Å². The first-order chi connectivity index (χ1) is 2.73. The third kappa shape index (κ3) is 17000. The van der Waals surface area contributed by atoms with Crippen molar-refractivity contribution in [2.24, 2.45) is 0 Å². The normalized spacial score (nSPS) is 6.83. The maximum atomic E-state index is 9.50. The fourth-order valence-corrected chi connectivity index (χ4v) is 0. The van der Waals surface area contributed by atoms with Gasteiger partial charge in [-0.2, -0.15) is 0 Å². The van der Waals surface area contributed by atoms with Crippen molar-refractivity contribution in [1.82, 2.24) is 4.90 Å². The summed E-state index contributed by atoms with van der Waals surface area (Å²) in [5.74, 6) is 0. The van der Waals surface area contributed by atoms with Crippen molar-refractivity contribution in [3.63, 3.8) is 0 Å². The summed E-state index contributed by atoms with van der Waals surface area (Å²) in [5.41, 5.74) is 0. The van der Waals surface area contributed by atoms with Gasteiger partial charge in [-0.15, -0.1) is 0 Å². The van der Waals surface area contributed by atoms with E-state index >= 15 is 0 Å². The van der Waals surface area contributed by atoms with Crippen LogP contribution < -0.4 is 0 Å². The van der Waals surface area contributed by atoms with Crippen molar-refractivity contribution in [3.05, 3.63) is 0 Å². The van der Waals surface area contributed by atoms with E-state index in [0.717, 1.165) is 0 Å². The first-order valence-corrected chi connectivity index (χ1v) is 1.72. The Hall–Kier alpha value is -0.0451. The van der Waals surface area contributed by atoms with E-state index in [1.165, 1.54) is 0 Å². The van der Waals surface area contributed by atoms with E-state index < -0.39 is 0 Å². The first-order valence-electron chi connectivity index (χ1n) is 1.72. The molecule has 3 heteroatoms. The molecule has 0 fully saturated rings. The molecule has 0 atom stereocenters. The Morgan fingerprint density at radius 2 is 1.17 bits per heavy atom. The maximum Gasteiger partial charge on any atom is 0.314 e. The number of hydrogen-bond donors (Lipinski definition) is 0. The highest BCUT2D eigenvalue weighted by Gasteiger charge is 1.58. The largest absolute Gasteiger partial charge is 0.347 e. The molecule has 0 saturated heterocycles. The Morgan fingerprint density at radius 3 is 1.17 bits per heavy atom. The molecule has 0 heterocycles. The van der Waals surface area contributed by atoms with Crippen LogP contribution in [0.25, 0.3) is 0 Å². The average molecular weight is 90.9 g/mol. The second-order valence-electron chi connectivity index (χ2n) is 1.34. The molecule has 1 nitrogen and oxygen atoms in total. The molecule has 0 amide bonds. The second-order valence-corrected chi connectivity index (χ2v) is 1.34. The third-order valence-electron chi connectivity index (χ3n) is 0. The van der Waals surface area contributed by atoms with Crippen LogP contribution in [0.5, 0.6) is 0 Å². The van der Waals surface area contributed by atoms with Crippen LogP contribution in [0.1, 0.15) is 0 Å². The van der Waals surface area contributed by atoms with Gasteiger partial charge in [0.15, 0.2) is 0 Å². The molecule has 0 unspecified atom stereocenters. The molecule has 0 aliphatic heterocycles. The summed E-state index contributed by atoms with van der Waals surface area (Å²) in [7, 11) is 6.50. The monoisotopic (exact) mass is 91.1 g/mol. The predicted molar refractivity (Wildman–Crippen MR) is 29.3 cm³/mol. The molecular formula is C3H11BFN. The van der Waals surface area contributed by atoms with Crippen LogP contribution in [0.3, 0.4) is 0 Å². The predicted octanol–water partition coefficient (Wildman–Crippen LogP) is -0.318. The van der Waals surface area contributed by atoms with Gasteiger partial charge in [0.2, 0.25) is 0 Å². The molecular weight excluding hydrogens is 79.8 g/mol. The molecule has 0 saturated carbocycles. The topological polar surface area (TPSA) is 3.24 Å². The summed E-state index contributed by atoms with van der Waals surface area (Å²) >= 11 is 0. The van der Waals surface area contributed by atoms with Gasteiger partial charge in [-0.3, -0.25) is 0 Å². The minimum Gasteiger partial charge on any atom is -0.347 e. The number of hydrogen-bond acceptors (Lipinski definition) is 1. The van der Waals surface area contributed by atoms with Crippen LogP contribution in [-0.2, 0) is 0 Å². The van der Waals surface area contributed by atoms with Gasteiger partial charge in [0.25, 0.3) is 0 Å². The molecule has 0 aliphatic carbocycles. The smallest absolute Gasteiger partial charge is 0.314 e. The Kier molecular flexibility index (Phi) is 13.8. The lowest BCUT2D eigenvalue weighted by Crippen LogP contribution is -1.99. The third-order valence-corrected chi connectivity index (χ3v) is 0. The summed E-state index contributed by atoms with van der Waals surface area (Å²) < 4.78 is 9.50. The Bertz CT molecular complexity index is 15.5. The Balaban J connectivity index is 0. The van der Waals surface area contributed by atoms with Gasteiger partial charge < -0.3 is 9.22 Å². The molecule has 0 aliphatic rings. The zero-order valence-electron chi connectivity index (χ0n) is 4.83. The summed E-state index contributed by atoms with van der Waals surface area (Å²) in [6.45, 7) is 0. The first kappa shape index (κ1) is 9.35. The van der Waals surface area contributed by atoms with Crippen molar-refractivity contribution in [2.45, 2.75) is 0 Å². The van der Waals surface area contributed by atoms with Gasteiger partial charge in [-0.1, -0.05) is 0 Å². The van der Waals surface area contributed by atoms with E-state index in [9.17, 15) is 4.32 Å². The molecule has 0 aromatic carbocycles. The van der Waals surface area contributed by atoms with Crippen molar-refractivity contribution < 1.29 is 4.32 Å². The molecule has 6 heavy (non-hydrogen) atoms. The van der Waals surface area contributed by atoms with Crippen LogP contribution in [0.15, 0.2) is 0 Å². The Labute approximate surface area is 39.6 Å². The molecule has 0 radical (unpaired) electrons. The lowest BCUT2D eigenvalue weighted by molar-refractivity contribution is 0.505. The van der Waals surface area contributed by atoms with E-state index in [2.05, 4.69) is 0 Å². The van der Waals surface area contributed by atoms with Gasteiger partial charge in [0.1, 0.15) is 0 Å². The highest BCUT2D eigenvalue weighted by Crippen LogP contribution is 1.47. The molecule has 0 N–H and O–H groups in total. The van der Waals surface area contributed by atoms with Gasteiger partial charge in [-0.25, -0.2) is 0 Å². The zero-order valence-corrected chi connectivity index (χ0v) is 4.83. The quantitative estimate of drug-likeness (QED) is 0.369. The molecule has 0 aromatic rings. The second kappa shape index (κ2) is 8.88. The minimum absolute atomic E-state index is 0.500. The highest BCUT2D eigenvalue weighted by atomic mass is 19.1. The Morgan fingerprint density at radius 1 is 1.17 bits per heavy atom. The average Bonchev–Trinajstić information content (AvgIpc) is 1.41. The summed E-state index contributed by atoms with van der Waals surface area (Å²) in [5, 5.41) is 0. The van der Waals surface area contributed by atoms with E-state index in [0.29, 0.717) is 8.12 Å². The van der Waals surface area contributed by atoms with Crippen molar-refractivity contribution in [3.8, 4) is 0 Å². The van der Waals surface area contributed by atoms with Crippen molar-refractivity contribution >= 4 is 8.12 Å². The van der Waals surface area contributed by atoms with Crippen LogP contribution in [-0.4, -0.2) is 34.2 Å². The summed E-state index contributed by atoms with van der Waals surface area (Å²) in [6.07, 6.45) is 0. The van der Waals surface area contributed by atoms with E-state index in [4.69, 9.17) is 0 Å². The fraction of sp³-hybridized carbons (Fsp3) is 1.00. The van der Waals surface area contributed by atoms with Crippen LogP contribution in [0.4, 0.5) is 4.32 Å². The summed E-state index contributed by atoms with van der Waals surface area (Å²) in [6, 6.07) is 0. The lowest BCUT2D eigenvalue weighted by atomic mass is 10.7. The van der Waals surface area contributed by atoms with E-state index in [-0.39, 0.29) is 0 Å². The molecule has 0 bridgehead atoms. The molecule has 38 valence electrons. The van der Waals surface area contributed by atoms with Gasteiger partial charge in [0, 0.05) is 0 Å². The maximum absolute atomic E-state index is 9.50. The van der Waals surface area contributed by atoms with Gasteiger partial charge in [-0.05, 0) is 21.1 Å². The fourth-order valence-electron chi connectivity index (χ4n) is 0. The molecule has 0 rings (SSSR count). The van der Waals surface area contributed by atoms with E-state index in [1.54, 1.807) is 0 Å². The van der Waals surface area contributed by atoms with Gasteiger partial charge >= 0.3 is 8.12 Å². The summed E-state index contributed by atoms with van der Waals surface area (Å²) in [4.78, 5) is 2.00. The van der Waals surface area contributed by atoms with E-state index in [1.807, 2.05) is 26.0 Å². The number of nitrogens with zero attached hydrogens (tertiary/aromatic N) is 1. The zero-order chi connectivity index (χ0) is 5.58. The number of rotatable bonds is 0. The van der Waals surface area contributed by atoms with Crippen molar-refractivity contribution in [1.29, 1.82) is 0 Å². The standard InChI is InChI=1S/C3H9N.BFH2/c1-4(2)3;1-2/h1-3H3;1H2. The highest BCUT2D eigenvalue weighted by molar-refractivity contribution is 5.96. The molecule has 0 spiro atoms. The SMILES string of the molecule is BF.CN(C)C.